The Morgan fingerprint density at radius 1 is 1.10 bits per heavy atom. The van der Waals surface area contributed by atoms with E-state index in [0.717, 1.165) is 52.7 Å². The maximum Gasteiger partial charge on any atom is 0.339 e. The topological polar surface area (TPSA) is 60.9 Å². The molecule has 0 atom stereocenters. The molecule has 0 aliphatic carbocycles. The van der Waals surface area contributed by atoms with Crippen LogP contribution < -0.4 is 14.4 Å². The second-order valence-corrected chi connectivity index (χ2v) is 7.47. The van der Waals surface area contributed by atoms with Gasteiger partial charge in [0.15, 0.2) is 11.5 Å². The van der Waals surface area contributed by atoms with E-state index < -0.39 is 0 Å². The molecule has 6 nitrogen and oxygen atoms in total. The standard InChI is InChI=1S/C24H26N2O4/c1-5-6-9-26(2)21-8-7-15(13-25-21)22-18-12-20(29-4)19(28-3)11-16(18)10-17-14-30-24(27)23(17)22/h7-8,10-13H,5-6,9,14H2,1-4H3. The third-order valence-electron chi connectivity index (χ3n) is 5.56. The van der Waals surface area contributed by atoms with Gasteiger partial charge in [0.25, 0.3) is 0 Å². The highest BCUT2D eigenvalue weighted by Crippen LogP contribution is 2.42. The summed E-state index contributed by atoms with van der Waals surface area (Å²) in [5, 5.41) is 1.86. The zero-order valence-corrected chi connectivity index (χ0v) is 17.8. The zero-order chi connectivity index (χ0) is 21.3. The highest BCUT2D eigenvalue weighted by atomic mass is 16.5. The van der Waals surface area contributed by atoms with Crippen molar-refractivity contribution < 1.29 is 19.0 Å². The first-order chi connectivity index (χ1) is 14.6. The van der Waals surface area contributed by atoms with Gasteiger partial charge in [0.05, 0.1) is 19.8 Å². The van der Waals surface area contributed by atoms with Gasteiger partial charge in [0.1, 0.15) is 12.4 Å². The molecule has 2 heterocycles. The number of rotatable bonds is 7. The number of aromatic nitrogens is 1. The average molecular weight is 406 g/mol. The number of esters is 1. The number of cyclic esters (lactones) is 1. The lowest BCUT2D eigenvalue weighted by molar-refractivity contribution is 0.0535. The zero-order valence-electron chi connectivity index (χ0n) is 17.8. The van der Waals surface area contributed by atoms with Gasteiger partial charge in [-0.2, -0.15) is 0 Å². The minimum atomic E-state index is -0.305. The minimum absolute atomic E-state index is 0.275. The average Bonchev–Trinajstić information content (AvgIpc) is 3.15. The first-order valence-corrected chi connectivity index (χ1v) is 10.1. The van der Waals surface area contributed by atoms with Crippen molar-refractivity contribution in [1.29, 1.82) is 0 Å². The predicted molar refractivity (Wildman–Crippen MR) is 118 cm³/mol. The van der Waals surface area contributed by atoms with Crippen molar-refractivity contribution >= 4 is 22.6 Å². The van der Waals surface area contributed by atoms with Gasteiger partial charge < -0.3 is 19.1 Å². The molecule has 4 rings (SSSR count). The van der Waals surface area contributed by atoms with Gasteiger partial charge in [-0.15, -0.1) is 0 Å². The van der Waals surface area contributed by atoms with E-state index >= 15 is 0 Å². The van der Waals surface area contributed by atoms with Gasteiger partial charge >= 0.3 is 5.97 Å². The summed E-state index contributed by atoms with van der Waals surface area (Å²) in [6.07, 6.45) is 4.08. The molecular formula is C24H26N2O4. The summed E-state index contributed by atoms with van der Waals surface area (Å²) >= 11 is 0. The van der Waals surface area contributed by atoms with Gasteiger partial charge in [0.2, 0.25) is 0 Å². The van der Waals surface area contributed by atoms with E-state index in [-0.39, 0.29) is 12.6 Å². The van der Waals surface area contributed by atoms with Crippen LogP contribution in [0.1, 0.15) is 35.7 Å². The number of carbonyl (C=O) groups excluding carboxylic acids is 1. The molecule has 0 fully saturated rings. The maximum atomic E-state index is 12.6. The largest absolute Gasteiger partial charge is 0.493 e. The number of pyridine rings is 1. The fourth-order valence-corrected chi connectivity index (χ4v) is 3.92. The lowest BCUT2D eigenvalue weighted by Crippen LogP contribution is -2.19. The summed E-state index contributed by atoms with van der Waals surface area (Å²) in [5.41, 5.74) is 3.17. The van der Waals surface area contributed by atoms with E-state index in [1.54, 1.807) is 14.2 Å². The van der Waals surface area contributed by atoms with Crippen LogP contribution in [0.15, 0.2) is 36.5 Å². The Labute approximate surface area is 176 Å². The third kappa shape index (κ3) is 3.43. The molecule has 30 heavy (non-hydrogen) atoms. The molecule has 1 aliphatic rings. The molecule has 156 valence electrons. The number of hydrogen-bond donors (Lipinski definition) is 0. The number of benzene rings is 2. The Bertz CT molecular complexity index is 1090. The van der Waals surface area contributed by atoms with Crippen molar-refractivity contribution in [3.63, 3.8) is 0 Å². The summed E-state index contributed by atoms with van der Waals surface area (Å²) in [7, 11) is 5.26. The number of nitrogens with zero attached hydrogens (tertiary/aromatic N) is 2. The summed E-state index contributed by atoms with van der Waals surface area (Å²) in [6.45, 7) is 3.40. The number of methoxy groups -OCH3 is 2. The van der Waals surface area contributed by atoms with Crippen molar-refractivity contribution in [2.75, 3.05) is 32.7 Å². The van der Waals surface area contributed by atoms with Crippen LogP contribution in [0.4, 0.5) is 5.82 Å². The fraction of sp³-hybridized carbons (Fsp3) is 0.333. The van der Waals surface area contributed by atoms with Crippen LogP contribution in [0.3, 0.4) is 0 Å². The second-order valence-electron chi connectivity index (χ2n) is 7.47. The minimum Gasteiger partial charge on any atom is -0.493 e. The van der Waals surface area contributed by atoms with Crippen LogP contribution in [0.5, 0.6) is 11.5 Å². The molecular weight excluding hydrogens is 380 g/mol. The Morgan fingerprint density at radius 2 is 1.87 bits per heavy atom. The first-order valence-electron chi connectivity index (χ1n) is 10.1. The quantitative estimate of drug-likeness (QED) is 0.524. The van der Waals surface area contributed by atoms with Crippen molar-refractivity contribution in [2.24, 2.45) is 0 Å². The van der Waals surface area contributed by atoms with Crippen molar-refractivity contribution in [1.82, 2.24) is 4.98 Å². The molecule has 6 heteroatoms. The van der Waals surface area contributed by atoms with Crippen molar-refractivity contribution in [3.8, 4) is 22.6 Å². The van der Waals surface area contributed by atoms with E-state index in [4.69, 9.17) is 14.2 Å². The molecule has 0 saturated carbocycles. The Morgan fingerprint density at radius 3 is 2.53 bits per heavy atom. The van der Waals surface area contributed by atoms with Crippen molar-refractivity contribution in [2.45, 2.75) is 26.4 Å². The van der Waals surface area contributed by atoms with Gasteiger partial charge in [-0.05, 0) is 47.5 Å². The van der Waals surface area contributed by atoms with E-state index in [1.165, 1.54) is 0 Å². The molecule has 0 saturated heterocycles. The second kappa shape index (κ2) is 8.22. The van der Waals surface area contributed by atoms with Crippen LogP contribution in [0.2, 0.25) is 0 Å². The number of hydrogen-bond acceptors (Lipinski definition) is 6. The monoisotopic (exact) mass is 406 g/mol. The number of fused-ring (bicyclic) bond motifs is 2. The lowest BCUT2D eigenvalue weighted by atomic mass is 9.91. The molecule has 1 aliphatic heterocycles. The first kappa shape index (κ1) is 20.0. The molecule has 0 amide bonds. The van der Waals surface area contributed by atoms with E-state index in [1.807, 2.05) is 43.6 Å². The highest BCUT2D eigenvalue weighted by Gasteiger charge is 2.28. The lowest BCUT2D eigenvalue weighted by Gasteiger charge is -2.19. The summed E-state index contributed by atoms with van der Waals surface area (Å²) in [6, 6.07) is 9.85. The van der Waals surface area contributed by atoms with Crippen LogP contribution in [0, 0.1) is 0 Å². The molecule has 0 N–H and O–H groups in total. The molecule has 0 spiro atoms. The normalized spacial score (nSPS) is 12.6. The highest BCUT2D eigenvalue weighted by molar-refractivity contribution is 6.11. The molecule has 0 bridgehead atoms. The Hall–Kier alpha value is -3.28. The molecule has 0 unspecified atom stereocenters. The van der Waals surface area contributed by atoms with Gasteiger partial charge in [-0.3, -0.25) is 0 Å². The van der Waals surface area contributed by atoms with Crippen LogP contribution in [-0.2, 0) is 11.3 Å². The molecule has 3 aromatic rings. The van der Waals surface area contributed by atoms with Crippen molar-refractivity contribution in [3.05, 3.63) is 47.7 Å². The van der Waals surface area contributed by atoms with Gasteiger partial charge in [-0.25, -0.2) is 9.78 Å². The predicted octanol–water partition coefficient (Wildman–Crippen LogP) is 4.83. The fourth-order valence-electron chi connectivity index (χ4n) is 3.92. The smallest absolute Gasteiger partial charge is 0.339 e. The Balaban J connectivity index is 1.88. The molecule has 0 radical (unpaired) electrons. The molecule has 2 aromatic carbocycles. The van der Waals surface area contributed by atoms with Crippen LogP contribution in [-0.4, -0.2) is 38.8 Å². The third-order valence-corrected chi connectivity index (χ3v) is 5.56. The number of unbranched alkanes of at least 4 members (excludes halogenated alkanes) is 1. The summed E-state index contributed by atoms with van der Waals surface area (Å²) < 4.78 is 16.3. The van der Waals surface area contributed by atoms with Gasteiger partial charge in [0, 0.05) is 36.5 Å². The summed E-state index contributed by atoms with van der Waals surface area (Å²) in [5.74, 6) is 1.86. The molecule has 1 aromatic heterocycles. The Kier molecular flexibility index (Phi) is 5.48. The number of carbonyl (C=O) groups is 1. The van der Waals surface area contributed by atoms with E-state index in [0.29, 0.717) is 17.1 Å². The SMILES string of the molecule is CCCCN(C)c1ccc(-c2c3c(cc4cc(OC)c(OC)cc24)COC3=O)cn1. The summed E-state index contributed by atoms with van der Waals surface area (Å²) in [4.78, 5) is 19.4. The van der Waals surface area contributed by atoms with Crippen LogP contribution in [0.25, 0.3) is 21.9 Å². The van der Waals surface area contributed by atoms with E-state index in [2.05, 4.69) is 16.8 Å². The number of ether oxygens (including phenoxy) is 3. The van der Waals surface area contributed by atoms with Gasteiger partial charge in [-0.1, -0.05) is 13.3 Å². The van der Waals surface area contributed by atoms with E-state index in [9.17, 15) is 4.79 Å². The number of anilines is 1. The maximum absolute atomic E-state index is 12.6. The van der Waals surface area contributed by atoms with Crippen LogP contribution >= 0.6 is 0 Å².